The minimum Gasteiger partial charge on any atom is -0.459 e. The first-order valence-electron chi connectivity index (χ1n) is 5.84. The summed E-state index contributed by atoms with van der Waals surface area (Å²) in [6, 6.07) is 0. The lowest BCUT2D eigenvalue weighted by atomic mass is 9.85. The van der Waals surface area contributed by atoms with Crippen LogP contribution in [0.1, 0.15) is 59.3 Å². The molecule has 0 aromatic carbocycles. The van der Waals surface area contributed by atoms with E-state index in [2.05, 4.69) is 13.8 Å². The molecule has 1 fully saturated rings. The average molecular weight is 198 g/mol. The van der Waals surface area contributed by atoms with Gasteiger partial charge >= 0.3 is 5.97 Å². The SMILES string of the molecule is CCC(=O)OC(C)(CC)C1CCCC1. The zero-order valence-corrected chi connectivity index (χ0v) is 9.64. The van der Waals surface area contributed by atoms with Crippen LogP contribution >= 0.6 is 0 Å². The molecule has 1 aliphatic carbocycles. The van der Waals surface area contributed by atoms with Crippen LogP contribution in [0.5, 0.6) is 0 Å². The second-order valence-electron chi connectivity index (χ2n) is 4.48. The molecule has 2 nitrogen and oxygen atoms in total. The van der Waals surface area contributed by atoms with Crippen LogP contribution in [0.3, 0.4) is 0 Å². The highest BCUT2D eigenvalue weighted by molar-refractivity contribution is 5.69. The quantitative estimate of drug-likeness (QED) is 0.648. The molecule has 1 saturated carbocycles. The van der Waals surface area contributed by atoms with Crippen molar-refractivity contribution in [3.05, 3.63) is 0 Å². The third-order valence-electron chi connectivity index (χ3n) is 3.56. The van der Waals surface area contributed by atoms with E-state index in [1.807, 2.05) is 6.92 Å². The first-order valence-corrected chi connectivity index (χ1v) is 5.84. The maximum atomic E-state index is 11.3. The van der Waals surface area contributed by atoms with Crippen molar-refractivity contribution >= 4 is 5.97 Å². The van der Waals surface area contributed by atoms with E-state index in [1.165, 1.54) is 25.7 Å². The van der Waals surface area contributed by atoms with Crippen LogP contribution in [-0.4, -0.2) is 11.6 Å². The lowest BCUT2D eigenvalue weighted by molar-refractivity contribution is -0.164. The summed E-state index contributed by atoms with van der Waals surface area (Å²) in [5.41, 5.74) is -0.205. The van der Waals surface area contributed by atoms with Crippen molar-refractivity contribution in [1.82, 2.24) is 0 Å². The standard InChI is InChI=1S/C12H22O2/c1-4-11(13)14-12(3,5-2)10-8-6-7-9-10/h10H,4-9H2,1-3H3. The van der Waals surface area contributed by atoms with E-state index in [1.54, 1.807) is 0 Å². The van der Waals surface area contributed by atoms with E-state index in [-0.39, 0.29) is 11.6 Å². The van der Waals surface area contributed by atoms with E-state index in [0.717, 1.165) is 6.42 Å². The first-order chi connectivity index (χ1) is 6.62. The van der Waals surface area contributed by atoms with Crippen LogP contribution in [0.15, 0.2) is 0 Å². The summed E-state index contributed by atoms with van der Waals surface area (Å²) >= 11 is 0. The van der Waals surface area contributed by atoms with Gasteiger partial charge in [-0.3, -0.25) is 4.79 Å². The van der Waals surface area contributed by atoms with Crippen LogP contribution < -0.4 is 0 Å². The number of hydrogen-bond donors (Lipinski definition) is 0. The van der Waals surface area contributed by atoms with Gasteiger partial charge in [0.1, 0.15) is 5.60 Å². The van der Waals surface area contributed by atoms with Gasteiger partial charge in [0, 0.05) is 6.42 Å². The van der Waals surface area contributed by atoms with Gasteiger partial charge in [0.2, 0.25) is 0 Å². The molecule has 14 heavy (non-hydrogen) atoms. The molecule has 0 aromatic rings. The summed E-state index contributed by atoms with van der Waals surface area (Å²) < 4.78 is 5.58. The molecule has 1 aliphatic rings. The Morgan fingerprint density at radius 3 is 2.36 bits per heavy atom. The second-order valence-corrected chi connectivity index (χ2v) is 4.48. The Kier molecular flexibility index (Phi) is 3.97. The van der Waals surface area contributed by atoms with Crippen molar-refractivity contribution in [2.75, 3.05) is 0 Å². The lowest BCUT2D eigenvalue weighted by Crippen LogP contribution is -2.37. The zero-order chi connectivity index (χ0) is 10.6. The van der Waals surface area contributed by atoms with Gasteiger partial charge in [-0.1, -0.05) is 26.7 Å². The summed E-state index contributed by atoms with van der Waals surface area (Å²) in [6.45, 7) is 6.06. The molecule has 2 heteroatoms. The highest BCUT2D eigenvalue weighted by Crippen LogP contribution is 2.38. The molecule has 0 aromatic heterocycles. The zero-order valence-electron chi connectivity index (χ0n) is 9.64. The Bertz CT molecular complexity index is 194. The minimum atomic E-state index is -0.205. The summed E-state index contributed by atoms with van der Waals surface area (Å²) in [7, 11) is 0. The number of esters is 1. The van der Waals surface area contributed by atoms with Crippen LogP contribution in [0.25, 0.3) is 0 Å². The van der Waals surface area contributed by atoms with Gasteiger partial charge in [0.05, 0.1) is 0 Å². The number of carbonyl (C=O) groups excluding carboxylic acids is 1. The molecular weight excluding hydrogens is 176 g/mol. The molecule has 0 spiro atoms. The molecule has 1 rings (SSSR count). The highest BCUT2D eigenvalue weighted by atomic mass is 16.6. The van der Waals surface area contributed by atoms with E-state index in [0.29, 0.717) is 12.3 Å². The molecule has 0 aliphatic heterocycles. The third kappa shape index (κ3) is 2.49. The van der Waals surface area contributed by atoms with Crippen LogP contribution in [0, 0.1) is 5.92 Å². The smallest absolute Gasteiger partial charge is 0.306 e. The Labute approximate surface area is 87.0 Å². The van der Waals surface area contributed by atoms with Crippen LogP contribution in [0.2, 0.25) is 0 Å². The Balaban J connectivity index is 2.59. The predicted octanol–water partition coefficient (Wildman–Crippen LogP) is 3.30. The Morgan fingerprint density at radius 2 is 1.93 bits per heavy atom. The fraction of sp³-hybridized carbons (Fsp3) is 0.917. The molecule has 82 valence electrons. The summed E-state index contributed by atoms with van der Waals surface area (Å²) in [5.74, 6) is 0.532. The maximum Gasteiger partial charge on any atom is 0.306 e. The van der Waals surface area contributed by atoms with E-state index in [4.69, 9.17) is 4.74 Å². The van der Waals surface area contributed by atoms with Gasteiger partial charge in [0.25, 0.3) is 0 Å². The van der Waals surface area contributed by atoms with Crippen molar-refractivity contribution < 1.29 is 9.53 Å². The van der Waals surface area contributed by atoms with E-state index < -0.39 is 0 Å². The molecule has 0 amide bonds. The number of ether oxygens (including phenoxy) is 1. The summed E-state index contributed by atoms with van der Waals surface area (Å²) in [4.78, 5) is 11.3. The van der Waals surface area contributed by atoms with Crippen LogP contribution in [-0.2, 0) is 9.53 Å². The Morgan fingerprint density at radius 1 is 1.36 bits per heavy atom. The molecule has 1 atom stereocenters. The van der Waals surface area contributed by atoms with Gasteiger partial charge in [-0.25, -0.2) is 0 Å². The van der Waals surface area contributed by atoms with Gasteiger partial charge in [-0.15, -0.1) is 0 Å². The lowest BCUT2D eigenvalue weighted by Gasteiger charge is -2.34. The van der Waals surface area contributed by atoms with Crippen molar-refractivity contribution in [2.24, 2.45) is 5.92 Å². The largest absolute Gasteiger partial charge is 0.459 e. The predicted molar refractivity (Wildman–Crippen MR) is 57.0 cm³/mol. The van der Waals surface area contributed by atoms with Gasteiger partial charge < -0.3 is 4.74 Å². The second kappa shape index (κ2) is 4.81. The molecule has 0 radical (unpaired) electrons. The molecule has 0 heterocycles. The van der Waals surface area contributed by atoms with Gasteiger partial charge in [-0.2, -0.15) is 0 Å². The fourth-order valence-corrected chi connectivity index (χ4v) is 2.31. The summed E-state index contributed by atoms with van der Waals surface area (Å²) in [6.07, 6.45) is 6.46. The van der Waals surface area contributed by atoms with Gasteiger partial charge in [0.15, 0.2) is 0 Å². The van der Waals surface area contributed by atoms with Crippen molar-refractivity contribution in [1.29, 1.82) is 0 Å². The van der Waals surface area contributed by atoms with Crippen LogP contribution in [0.4, 0.5) is 0 Å². The topological polar surface area (TPSA) is 26.3 Å². The van der Waals surface area contributed by atoms with Crippen molar-refractivity contribution in [3.8, 4) is 0 Å². The normalized spacial score (nSPS) is 21.9. The van der Waals surface area contributed by atoms with E-state index >= 15 is 0 Å². The Hall–Kier alpha value is -0.530. The third-order valence-corrected chi connectivity index (χ3v) is 3.56. The summed E-state index contributed by atoms with van der Waals surface area (Å²) in [5, 5.41) is 0. The van der Waals surface area contributed by atoms with Gasteiger partial charge in [-0.05, 0) is 32.1 Å². The fourth-order valence-electron chi connectivity index (χ4n) is 2.31. The number of carbonyl (C=O) groups is 1. The first kappa shape index (κ1) is 11.5. The number of hydrogen-bond acceptors (Lipinski definition) is 2. The van der Waals surface area contributed by atoms with E-state index in [9.17, 15) is 4.79 Å². The van der Waals surface area contributed by atoms with Crippen molar-refractivity contribution in [3.63, 3.8) is 0 Å². The molecular formula is C12H22O2. The molecule has 0 saturated heterocycles. The minimum absolute atomic E-state index is 0.0544. The molecule has 1 unspecified atom stereocenters. The molecule has 0 N–H and O–H groups in total. The maximum absolute atomic E-state index is 11.3. The number of rotatable bonds is 4. The highest BCUT2D eigenvalue weighted by Gasteiger charge is 2.37. The molecule has 0 bridgehead atoms. The average Bonchev–Trinajstić information content (AvgIpc) is 2.70. The monoisotopic (exact) mass is 198 g/mol. The van der Waals surface area contributed by atoms with Crippen molar-refractivity contribution in [2.45, 2.75) is 64.9 Å².